The first-order chi connectivity index (χ1) is 19.0. The summed E-state index contributed by atoms with van der Waals surface area (Å²) in [5.41, 5.74) is 4.77. The number of ketones is 2. The Kier molecular flexibility index (Phi) is 7.18. The maximum Gasteiger partial charge on any atom is 0.220 e. The molecule has 0 radical (unpaired) electrons. The molecule has 0 saturated carbocycles. The van der Waals surface area contributed by atoms with Gasteiger partial charge in [0, 0.05) is 66.1 Å². The zero-order valence-corrected chi connectivity index (χ0v) is 22.6. The van der Waals surface area contributed by atoms with Crippen LogP contribution in [0.25, 0.3) is 0 Å². The number of hydrogen-bond acceptors (Lipinski definition) is 7. The van der Waals surface area contributed by atoms with Crippen LogP contribution in [-0.4, -0.2) is 77.0 Å². The minimum atomic E-state index is -0.366. The average Bonchev–Trinajstić information content (AvgIpc) is 3.29. The number of piperazine rings is 1. The number of rotatable bonds is 7. The molecule has 2 saturated heterocycles. The number of likely N-dealkylation sites (tertiary alicyclic amines) is 1. The molecule has 3 aromatic rings. The lowest BCUT2D eigenvalue weighted by atomic mass is 9.90. The van der Waals surface area contributed by atoms with E-state index in [0.717, 1.165) is 39.3 Å². The van der Waals surface area contributed by atoms with Gasteiger partial charge in [-0.2, -0.15) is 0 Å². The van der Waals surface area contributed by atoms with Crippen LogP contribution >= 0.6 is 0 Å². The van der Waals surface area contributed by atoms with Crippen molar-refractivity contribution in [2.45, 2.75) is 45.7 Å². The molecule has 0 N–H and O–H groups in total. The molecule has 9 heteroatoms. The summed E-state index contributed by atoms with van der Waals surface area (Å²) in [7, 11) is 0. The number of carbonyl (C=O) groups excluding carboxylic acids is 2. The normalized spacial score (nSPS) is 18.3. The zero-order valence-electron chi connectivity index (χ0n) is 22.6. The Morgan fingerprint density at radius 1 is 0.846 bits per heavy atom. The van der Waals surface area contributed by atoms with E-state index in [2.05, 4.69) is 44.9 Å². The number of nitrogens with zero attached hydrogens (tertiary/aromatic N) is 6. The van der Waals surface area contributed by atoms with Crippen LogP contribution < -0.4 is 9.86 Å². The molecule has 3 aliphatic rings. The Morgan fingerprint density at radius 3 is 2.28 bits per heavy atom. The molecule has 0 unspecified atom stereocenters. The highest BCUT2D eigenvalue weighted by Gasteiger charge is 2.39. The van der Waals surface area contributed by atoms with Crippen molar-refractivity contribution in [3.8, 4) is 0 Å². The van der Waals surface area contributed by atoms with E-state index in [0.29, 0.717) is 29.1 Å². The number of piperidine rings is 1. The minimum absolute atomic E-state index is 0.0420. The van der Waals surface area contributed by atoms with Crippen molar-refractivity contribution >= 4 is 17.3 Å². The van der Waals surface area contributed by atoms with E-state index in [1.165, 1.54) is 53.8 Å². The fourth-order valence-electron chi connectivity index (χ4n) is 6.31. The van der Waals surface area contributed by atoms with E-state index in [9.17, 15) is 14.8 Å². The van der Waals surface area contributed by atoms with Gasteiger partial charge in [0.1, 0.15) is 0 Å². The molecule has 204 valence electrons. The van der Waals surface area contributed by atoms with Gasteiger partial charge in [-0.3, -0.25) is 19.4 Å². The first kappa shape index (κ1) is 25.7. The average molecular weight is 529 g/mol. The lowest BCUT2D eigenvalue weighted by molar-refractivity contribution is -0.749. The topological polar surface area (TPSA) is 88.6 Å². The van der Waals surface area contributed by atoms with Crippen molar-refractivity contribution in [3.05, 3.63) is 81.3 Å². The fraction of sp³-hybridized carbons (Fsp3) is 0.467. The summed E-state index contributed by atoms with van der Waals surface area (Å²) in [6, 6.07) is 13.6. The van der Waals surface area contributed by atoms with Crippen LogP contribution in [0.5, 0.6) is 0 Å². The van der Waals surface area contributed by atoms with Crippen molar-refractivity contribution in [2.24, 2.45) is 0 Å². The molecule has 0 bridgehead atoms. The van der Waals surface area contributed by atoms with Crippen LogP contribution in [-0.2, 0) is 13.1 Å². The van der Waals surface area contributed by atoms with E-state index < -0.39 is 0 Å². The molecule has 39 heavy (non-hydrogen) atoms. The second kappa shape index (κ2) is 10.9. The molecule has 3 heterocycles. The summed E-state index contributed by atoms with van der Waals surface area (Å²) in [5.74, 6) is -0.678. The predicted octanol–water partition coefficient (Wildman–Crippen LogP) is 2.80. The van der Waals surface area contributed by atoms with Gasteiger partial charge in [0.25, 0.3) is 0 Å². The smallest absolute Gasteiger partial charge is 0.220 e. The van der Waals surface area contributed by atoms with Crippen LogP contribution in [0.3, 0.4) is 0 Å². The van der Waals surface area contributed by atoms with Gasteiger partial charge < -0.3 is 10.1 Å². The van der Waals surface area contributed by atoms with Gasteiger partial charge in [-0.25, -0.2) is 0 Å². The van der Waals surface area contributed by atoms with Crippen LogP contribution in [0.2, 0.25) is 0 Å². The molecule has 0 spiro atoms. The molecule has 1 aromatic heterocycles. The number of aromatic nitrogens is 3. The third-order valence-electron chi connectivity index (χ3n) is 8.39. The standard InChI is InChI=1S/C30H36N6O3/c1-22-20-23(21-33-12-5-2-6-13-33)10-11-26(22)34-18-16-32(17-19-34)14-7-15-35-28-27(31-36(35)39)29(37)24-8-3-4-9-25(24)30(28)38/h3-4,8-11,20H,2,5-7,12-19,21H2,1H3. The van der Waals surface area contributed by atoms with Crippen LogP contribution in [0.4, 0.5) is 5.69 Å². The predicted molar refractivity (Wildman–Crippen MR) is 148 cm³/mol. The highest BCUT2D eigenvalue weighted by molar-refractivity contribution is 6.26. The molecule has 0 amide bonds. The van der Waals surface area contributed by atoms with Crippen LogP contribution in [0.1, 0.15) is 68.9 Å². The SMILES string of the molecule is Cc1cc(CN2CCCCC2)ccc1N1CCN(CCCn2c3c(n[n+]2[O-])C(=O)c2ccccc2C3=O)CC1. The van der Waals surface area contributed by atoms with E-state index in [1.54, 1.807) is 24.3 Å². The number of aryl methyl sites for hydroxylation is 1. The molecule has 2 aromatic carbocycles. The molecule has 0 atom stereocenters. The quantitative estimate of drug-likeness (QED) is 0.269. The molecule has 2 aliphatic heterocycles. The molecule has 1 aliphatic carbocycles. The second-order valence-electron chi connectivity index (χ2n) is 11.0. The lowest BCUT2D eigenvalue weighted by Crippen LogP contribution is -2.47. The minimum Gasteiger partial charge on any atom is -0.571 e. The van der Waals surface area contributed by atoms with E-state index in [-0.39, 0.29) is 23.0 Å². The summed E-state index contributed by atoms with van der Waals surface area (Å²) < 4.78 is 1.32. The van der Waals surface area contributed by atoms with Crippen molar-refractivity contribution < 1.29 is 14.5 Å². The number of carbonyl (C=O) groups is 2. The van der Waals surface area contributed by atoms with Gasteiger partial charge in [0.15, 0.2) is 5.69 Å². The van der Waals surface area contributed by atoms with Gasteiger partial charge in [-0.15, -0.1) is 4.68 Å². The van der Waals surface area contributed by atoms with Gasteiger partial charge >= 0.3 is 0 Å². The Balaban J connectivity index is 1.03. The van der Waals surface area contributed by atoms with E-state index in [1.807, 2.05) is 0 Å². The van der Waals surface area contributed by atoms with E-state index >= 15 is 0 Å². The summed E-state index contributed by atoms with van der Waals surface area (Å²) in [5, 5.41) is 16.4. The maximum atomic E-state index is 13.1. The van der Waals surface area contributed by atoms with Gasteiger partial charge in [-0.05, 0) is 56.5 Å². The first-order valence-corrected chi connectivity index (χ1v) is 14.2. The first-order valence-electron chi connectivity index (χ1n) is 14.2. The number of anilines is 1. The monoisotopic (exact) mass is 528 g/mol. The van der Waals surface area contributed by atoms with Crippen LogP contribution in [0, 0.1) is 12.1 Å². The van der Waals surface area contributed by atoms with Crippen molar-refractivity contribution in [1.82, 2.24) is 19.6 Å². The highest BCUT2D eigenvalue weighted by atomic mass is 16.5. The molecular weight excluding hydrogens is 492 g/mol. The summed E-state index contributed by atoms with van der Waals surface area (Å²) in [4.78, 5) is 33.8. The van der Waals surface area contributed by atoms with Crippen LogP contribution in [0.15, 0.2) is 42.5 Å². The number of benzene rings is 2. The Hall–Kier alpha value is -3.56. The van der Waals surface area contributed by atoms with Crippen molar-refractivity contribution in [1.29, 1.82) is 0 Å². The zero-order chi connectivity index (χ0) is 26.9. The molecule has 6 rings (SSSR count). The second-order valence-corrected chi connectivity index (χ2v) is 11.0. The van der Waals surface area contributed by atoms with Gasteiger partial charge in [0.2, 0.25) is 17.3 Å². The van der Waals surface area contributed by atoms with Gasteiger partial charge in [0.05, 0.1) is 6.54 Å². The largest absolute Gasteiger partial charge is 0.571 e. The Morgan fingerprint density at radius 2 is 1.56 bits per heavy atom. The number of fused-ring (bicyclic) bond motifs is 2. The van der Waals surface area contributed by atoms with Crippen molar-refractivity contribution in [2.75, 3.05) is 50.7 Å². The molecule has 9 nitrogen and oxygen atoms in total. The highest BCUT2D eigenvalue weighted by Crippen LogP contribution is 2.26. The van der Waals surface area contributed by atoms with Crippen molar-refractivity contribution in [3.63, 3.8) is 0 Å². The third kappa shape index (κ3) is 5.08. The summed E-state index contributed by atoms with van der Waals surface area (Å²) in [6.07, 6.45) is 4.68. The maximum absolute atomic E-state index is 13.1. The fourth-order valence-corrected chi connectivity index (χ4v) is 6.31. The molecule has 2 fully saturated rings. The number of hydrogen-bond donors (Lipinski definition) is 0. The van der Waals surface area contributed by atoms with Gasteiger partial charge in [-0.1, -0.05) is 42.8 Å². The Labute approximate surface area is 229 Å². The summed E-state index contributed by atoms with van der Waals surface area (Å²) >= 11 is 0. The summed E-state index contributed by atoms with van der Waals surface area (Å²) in [6.45, 7) is 10.6. The third-order valence-corrected chi connectivity index (χ3v) is 8.39. The molecular formula is C30H36N6O3. The Bertz CT molecular complexity index is 1390. The van der Waals surface area contributed by atoms with E-state index in [4.69, 9.17) is 0 Å². The lowest BCUT2D eigenvalue weighted by Gasteiger charge is -2.37.